The molecule has 0 heterocycles. The Morgan fingerprint density at radius 3 is 2.09 bits per heavy atom. The molecule has 0 spiro atoms. The van der Waals surface area contributed by atoms with Gasteiger partial charge in [0.1, 0.15) is 18.3 Å². The van der Waals surface area contributed by atoms with Gasteiger partial charge in [-0.3, -0.25) is 0 Å². The molecule has 0 saturated carbocycles. The van der Waals surface area contributed by atoms with Gasteiger partial charge in [0, 0.05) is 6.54 Å². The van der Waals surface area contributed by atoms with Crippen molar-refractivity contribution in [3.63, 3.8) is 0 Å². The number of hydrogen-bond acceptors (Lipinski definition) is 4. The lowest BCUT2D eigenvalue weighted by Crippen LogP contribution is -2.51. The van der Waals surface area contributed by atoms with Crippen LogP contribution in [0.25, 0.3) is 11.1 Å². The number of rotatable bonds is 4. The maximum absolute atomic E-state index is 9.95. The average molecular weight is 311 g/mol. The number of hydrogen-bond donors (Lipinski definition) is 4. The molecule has 0 aromatic heterocycles. The van der Waals surface area contributed by atoms with E-state index in [4.69, 9.17) is 0 Å². The van der Waals surface area contributed by atoms with Gasteiger partial charge in [0.25, 0.3) is 0 Å². The summed E-state index contributed by atoms with van der Waals surface area (Å²) < 4.78 is 0. The van der Waals surface area contributed by atoms with Gasteiger partial charge in [0.05, 0.1) is 6.04 Å². The van der Waals surface area contributed by atoms with Crippen LogP contribution in [-0.4, -0.2) is 39.7 Å². The number of benzene rings is 2. The molecule has 1 aliphatic carbocycles. The van der Waals surface area contributed by atoms with E-state index < -0.39 is 18.3 Å². The number of aliphatic hydroxyl groups excluding tert-OH is 3. The highest BCUT2D eigenvalue weighted by atomic mass is 16.4. The van der Waals surface area contributed by atoms with Crippen LogP contribution >= 0.6 is 0 Å². The quantitative estimate of drug-likeness (QED) is 0.645. The summed E-state index contributed by atoms with van der Waals surface area (Å²) in [5.41, 5.74) is 3.42. The lowest BCUT2D eigenvalue weighted by molar-refractivity contribution is -0.0567. The van der Waals surface area contributed by atoms with Crippen LogP contribution in [0.2, 0.25) is 0 Å². The number of nitrogens with one attached hydrogen (secondary N) is 1. The zero-order valence-electron chi connectivity index (χ0n) is 12.7. The highest BCUT2D eigenvalue weighted by Crippen LogP contribution is 2.19. The standard InChI is InChI=1S/C19H21NO3/c21-17-11-10-16(18(22)19(17)23)20-12-13-6-8-15(9-7-13)14-4-2-1-3-5-14/h1-11,16-23H,12H2/t16-,17-,18+,19+/m0/s1. The van der Waals surface area contributed by atoms with Crippen molar-refractivity contribution in [1.82, 2.24) is 5.32 Å². The molecule has 4 N–H and O–H groups in total. The Morgan fingerprint density at radius 2 is 1.39 bits per heavy atom. The molecule has 0 bridgehead atoms. The molecule has 0 radical (unpaired) electrons. The third-order valence-electron chi connectivity index (χ3n) is 4.19. The zero-order valence-corrected chi connectivity index (χ0v) is 12.7. The molecule has 23 heavy (non-hydrogen) atoms. The Kier molecular flexibility index (Phi) is 4.88. The SMILES string of the molecule is O[C@H]1[C@H](O)[C@@H](O)C=C[C@@H]1NCc1ccc(-c2ccccc2)cc1. The molecule has 0 fully saturated rings. The monoisotopic (exact) mass is 311 g/mol. The maximum Gasteiger partial charge on any atom is 0.111 e. The van der Waals surface area contributed by atoms with E-state index in [2.05, 4.69) is 29.6 Å². The first-order chi connectivity index (χ1) is 11.1. The highest BCUT2D eigenvalue weighted by Gasteiger charge is 2.32. The minimum Gasteiger partial charge on any atom is -0.388 e. The van der Waals surface area contributed by atoms with Gasteiger partial charge < -0.3 is 20.6 Å². The first kappa shape index (κ1) is 15.9. The molecule has 0 saturated heterocycles. The predicted molar refractivity (Wildman–Crippen MR) is 89.7 cm³/mol. The van der Waals surface area contributed by atoms with E-state index in [-0.39, 0.29) is 6.04 Å². The van der Waals surface area contributed by atoms with Gasteiger partial charge in [0.2, 0.25) is 0 Å². The summed E-state index contributed by atoms with van der Waals surface area (Å²) in [5.74, 6) is 0. The third-order valence-corrected chi connectivity index (χ3v) is 4.19. The van der Waals surface area contributed by atoms with E-state index >= 15 is 0 Å². The molecule has 3 rings (SSSR count). The Balaban J connectivity index is 1.62. The fourth-order valence-corrected chi connectivity index (χ4v) is 2.75. The summed E-state index contributed by atoms with van der Waals surface area (Å²) in [6, 6.07) is 18.0. The molecule has 4 atom stereocenters. The Hall–Kier alpha value is -1.98. The lowest BCUT2D eigenvalue weighted by Gasteiger charge is -2.31. The molecule has 4 nitrogen and oxygen atoms in total. The molecule has 4 heteroatoms. The van der Waals surface area contributed by atoms with Crippen molar-refractivity contribution in [1.29, 1.82) is 0 Å². The molecule has 2 aromatic carbocycles. The topological polar surface area (TPSA) is 72.7 Å². The van der Waals surface area contributed by atoms with Crippen LogP contribution < -0.4 is 5.32 Å². The van der Waals surface area contributed by atoms with E-state index in [1.165, 1.54) is 11.6 Å². The normalized spacial score (nSPS) is 27.1. The van der Waals surface area contributed by atoms with Crippen molar-refractivity contribution in [3.05, 3.63) is 72.3 Å². The lowest BCUT2D eigenvalue weighted by atomic mass is 9.94. The van der Waals surface area contributed by atoms with Crippen molar-refractivity contribution in [2.24, 2.45) is 0 Å². The molecule has 120 valence electrons. The number of aliphatic hydroxyl groups is 3. The third kappa shape index (κ3) is 3.68. The summed E-state index contributed by atoms with van der Waals surface area (Å²) in [5, 5.41) is 32.3. The van der Waals surface area contributed by atoms with E-state index in [9.17, 15) is 15.3 Å². The molecular weight excluding hydrogens is 290 g/mol. The van der Waals surface area contributed by atoms with E-state index in [0.29, 0.717) is 6.54 Å². The second-order valence-corrected chi connectivity index (χ2v) is 5.83. The zero-order chi connectivity index (χ0) is 16.2. The largest absolute Gasteiger partial charge is 0.388 e. The molecular formula is C19H21NO3. The Labute approximate surface area is 135 Å². The van der Waals surface area contributed by atoms with E-state index in [0.717, 1.165) is 11.1 Å². The molecule has 1 aliphatic rings. The minimum atomic E-state index is -1.15. The van der Waals surface area contributed by atoms with E-state index in [1.807, 2.05) is 30.3 Å². The van der Waals surface area contributed by atoms with Crippen LogP contribution in [0, 0.1) is 0 Å². The minimum absolute atomic E-state index is 0.373. The van der Waals surface area contributed by atoms with Crippen LogP contribution in [0.15, 0.2) is 66.7 Å². The first-order valence-electron chi connectivity index (χ1n) is 7.75. The van der Waals surface area contributed by atoms with Gasteiger partial charge in [0.15, 0.2) is 0 Å². The summed E-state index contributed by atoms with van der Waals surface area (Å²) >= 11 is 0. The van der Waals surface area contributed by atoms with Crippen LogP contribution in [0.5, 0.6) is 0 Å². The first-order valence-corrected chi connectivity index (χ1v) is 7.75. The molecule has 0 aliphatic heterocycles. The fourth-order valence-electron chi connectivity index (χ4n) is 2.75. The fraction of sp³-hybridized carbons (Fsp3) is 0.263. The second kappa shape index (κ2) is 7.06. The van der Waals surface area contributed by atoms with Gasteiger partial charge in [-0.05, 0) is 16.7 Å². The highest BCUT2D eigenvalue weighted by molar-refractivity contribution is 5.63. The Bertz CT molecular complexity index is 654. The average Bonchev–Trinajstić information content (AvgIpc) is 2.60. The molecule has 0 unspecified atom stereocenters. The second-order valence-electron chi connectivity index (χ2n) is 5.83. The van der Waals surface area contributed by atoms with Crippen molar-refractivity contribution < 1.29 is 15.3 Å². The summed E-state index contributed by atoms with van der Waals surface area (Å²) in [6.45, 7) is 0.573. The van der Waals surface area contributed by atoms with Crippen LogP contribution in [0.3, 0.4) is 0 Å². The van der Waals surface area contributed by atoms with Crippen LogP contribution in [-0.2, 0) is 6.54 Å². The van der Waals surface area contributed by atoms with Gasteiger partial charge in [-0.2, -0.15) is 0 Å². The van der Waals surface area contributed by atoms with E-state index in [1.54, 1.807) is 6.08 Å². The van der Waals surface area contributed by atoms with Crippen molar-refractivity contribution >= 4 is 0 Å². The molecule has 0 amide bonds. The van der Waals surface area contributed by atoms with Crippen molar-refractivity contribution in [2.45, 2.75) is 30.9 Å². The summed E-state index contributed by atoms with van der Waals surface area (Å²) in [4.78, 5) is 0. The summed E-state index contributed by atoms with van der Waals surface area (Å²) in [6.07, 6.45) is 0.0262. The van der Waals surface area contributed by atoms with Crippen molar-refractivity contribution in [3.8, 4) is 11.1 Å². The van der Waals surface area contributed by atoms with Crippen LogP contribution in [0.1, 0.15) is 5.56 Å². The smallest absolute Gasteiger partial charge is 0.111 e. The molecule has 2 aromatic rings. The van der Waals surface area contributed by atoms with Crippen molar-refractivity contribution in [2.75, 3.05) is 0 Å². The van der Waals surface area contributed by atoms with Crippen LogP contribution in [0.4, 0.5) is 0 Å². The van der Waals surface area contributed by atoms with Gasteiger partial charge in [-0.15, -0.1) is 0 Å². The summed E-state index contributed by atoms with van der Waals surface area (Å²) in [7, 11) is 0. The van der Waals surface area contributed by atoms with Gasteiger partial charge in [-0.25, -0.2) is 0 Å². The maximum atomic E-state index is 9.95. The Morgan fingerprint density at radius 1 is 0.739 bits per heavy atom. The van der Waals surface area contributed by atoms with Gasteiger partial charge in [-0.1, -0.05) is 66.7 Å². The predicted octanol–water partition coefficient (Wildman–Crippen LogP) is 1.46. The van der Waals surface area contributed by atoms with Gasteiger partial charge >= 0.3 is 0 Å².